The van der Waals surface area contributed by atoms with Crippen molar-refractivity contribution in [2.45, 2.75) is 11.6 Å². The number of aromatic nitrogens is 1. The molecule has 21 heavy (non-hydrogen) atoms. The van der Waals surface area contributed by atoms with Crippen LogP contribution in [0.3, 0.4) is 0 Å². The van der Waals surface area contributed by atoms with Gasteiger partial charge in [0.1, 0.15) is 5.82 Å². The lowest BCUT2D eigenvalue weighted by atomic mass is 10.3. The van der Waals surface area contributed by atoms with E-state index in [0.717, 1.165) is 11.6 Å². The molecule has 0 unspecified atom stereocenters. The zero-order chi connectivity index (χ0) is 15.5. The van der Waals surface area contributed by atoms with Crippen molar-refractivity contribution in [2.24, 2.45) is 0 Å². The highest BCUT2D eigenvalue weighted by molar-refractivity contribution is 7.92. The standard InChI is InChI=1S/C13H13ClFN3O2S/c1-16-7-9-2-5-13(17-8-9)21(19,20)18-12-6-10(14)3-4-11(12)15/h2-6,8,16,18H,7H2,1H3. The Bertz CT molecular complexity index is 736. The summed E-state index contributed by atoms with van der Waals surface area (Å²) in [5.41, 5.74) is 0.619. The number of hydrogen-bond donors (Lipinski definition) is 2. The van der Waals surface area contributed by atoms with Gasteiger partial charge in [-0.05, 0) is 36.9 Å². The molecule has 0 saturated carbocycles. The van der Waals surface area contributed by atoms with Crippen molar-refractivity contribution in [3.63, 3.8) is 0 Å². The first kappa shape index (κ1) is 15.7. The first-order valence-corrected chi connectivity index (χ1v) is 7.86. The highest BCUT2D eigenvalue weighted by Crippen LogP contribution is 2.22. The van der Waals surface area contributed by atoms with Crippen molar-refractivity contribution in [1.29, 1.82) is 0 Å². The molecule has 112 valence electrons. The zero-order valence-corrected chi connectivity index (χ0v) is 12.7. The van der Waals surface area contributed by atoms with E-state index in [2.05, 4.69) is 15.0 Å². The highest BCUT2D eigenvalue weighted by Gasteiger charge is 2.18. The number of benzene rings is 1. The third-order valence-corrected chi connectivity index (χ3v) is 4.14. The molecule has 8 heteroatoms. The van der Waals surface area contributed by atoms with E-state index in [1.54, 1.807) is 13.1 Å². The SMILES string of the molecule is CNCc1ccc(S(=O)(=O)Nc2cc(Cl)ccc2F)nc1. The van der Waals surface area contributed by atoms with E-state index in [-0.39, 0.29) is 15.7 Å². The Morgan fingerprint density at radius 1 is 1.29 bits per heavy atom. The average molecular weight is 330 g/mol. The summed E-state index contributed by atoms with van der Waals surface area (Å²) in [4.78, 5) is 3.87. The van der Waals surface area contributed by atoms with Crippen LogP contribution in [0.2, 0.25) is 5.02 Å². The third-order valence-electron chi connectivity index (χ3n) is 2.63. The highest BCUT2D eigenvalue weighted by atomic mass is 35.5. The summed E-state index contributed by atoms with van der Waals surface area (Å²) in [6.45, 7) is 0.573. The van der Waals surface area contributed by atoms with Gasteiger partial charge in [-0.3, -0.25) is 4.72 Å². The number of nitrogens with zero attached hydrogens (tertiary/aromatic N) is 1. The van der Waals surface area contributed by atoms with Gasteiger partial charge >= 0.3 is 0 Å². The van der Waals surface area contributed by atoms with Gasteiger partial charge in [0.15, 0.2) is 5.03 Å². The Labute approximate surface area is 127 Å². The van der Waals surface area contributed by atoms with Crippen LogP contribution >= 0.6 is 11.6 Å². The molecule has 0 radical (unpaired) electrons. The van der Waals surface area contributed by atoms with Crippen molar-refractivity contribution >= 4 is 27.3 Å². The maximum Gasteiger partial charge on any atom is 0.279 e. The van der Waals surface area contributed by atoms with Gasteiger partial charge < -0.3 is 5.32 Å². The number of sulfonamides is 1. The van der Waals surface area contributed by atoms with E-state index >= 15 is 0 Å². The van der Waals surface area contributed by atoms with Crippen molar-refractivity contribution < 1.29 is 12.8 Å². The van der Waals surface area contributed by atoms with Crippen molar-refractivity contribution in [1.82, 2.24) is 10.3 Å². The lowest BCUT2D eigenvalue weighted by molar-refractivity contribution is 0.595. The first-order chi connectivity index (χ1) is 9.92. The molecule has 2 rings (SSSR count). The second-order valence-corrected chi connectivity index (χ2v) is 6.33. The van der Waals surface area contributed by atoms with E-state index in [1.807, 2.05) is 0 Å². The van der Waals surface area contributed by atoms with E-state index in [9.17, 15) is 12.8 Å². The molecule has 2 N–H and O–H groups in total. The fourth-order valence-electron chi connectivity index (χ4n) is 1.65. The van der Waals surface area contributed by atoms with Crippen molar-refractivity contribution in [3.05, 3.63) is 52.9 Å². The summed E-state index contributed by atoms with van der Waals surface area (Å²) >= 11 is 5.72. The molecule has 0 fully saturated rings. The van der Waals surface area contributed by atoms with Gasteiger partial charge in [0.25, 0.3) is 10.0 Å². The van der Waals surface area contributed by atoms with E-state index < -0.39 is 15.8 Å². The zero-order valence-electron chi connectivity index (χ0n) is 11.1. The number of nitrogens with one attached hydrogen (secondary N) is 2. The minimum absolute atomic E-state index is 0.193. The third kappa shape index (κ3) is 3.90. The van der Waals surface area contributed by atoms with Gasteiger partial charge in [-0.1, -0.05) is 17.7 Å². The number of pyridine rings is 1. The molecule has 0 spiro atoms. The van der Waals surface area contributed by atoms with Gasteiger partial charge in [0.2, 0.25) is 0 Å². The topological polar surface area (TPSA) is 71.1 Å². The molecule has 0 saturated heterocycles. The van der Waals surface area contributed by atoms with E-state index in [4.69, 9.17) is 11.6 Å². The smallest absolute Gasteiger partial charge is 0.279 e. The summed E-state index contributed by atoms with van der Waals surface area (Å²) in [7, 11) is -2.19. The van der Waals surface area contributed by atoms with Gasteiger partial charge in [0.05, 0.1) is 5.69 Å². The summed E-state index contributed by atoms with van der Waals surface area (Å²) in [6.07, 6.45) is 1.44. The van der Waals surface area contributed by atoms with Crippen LogP contribution in [0, 0.1) is 5.82 Å². The van der Waals surface area contributed by atoms with Crippen LogP contribution in [-0.2, 0) is 16.6 Å². The van der Waals surface area contributed by atoms with E-state index in [0.29, 0.717) is 6.54 Å². The second-order valence-electron chi connectivity index (χ2n) is 4.26. The molecule has 0 atom stereocenters. The van der Waals surface area contributed by atoms with E-state index in [1.165, 1.54) is 24.4 Å². The fraction of sp³-hybridized carbons (Fsp3) is 0.154. The van der Waals surface area contributed by atoms with Crippen LogP contribution in [-0.4, -0.2) is 20.4 Å². The summed E-state index contributed by atoms with van der Waals surface area (Å²) < 4.78 is 40.0. The normalized spacial score (nSPS) is 11.4. The minimum Gasteiger partial charge on any atom is -0.316 e. The minimum atomic E-state index is -3.96. The molecule has 1 heterocycles. The van der Waals surface area contributed by atoms with Gasteiger partial charge in [-0.25, -0.2) is 9.37 Å². The Balaban J connectivity index is 2.27. The molecule has 1 aromatic carbocycles. The maximum absolute atomic E-state index is 13.6. The van der Waals surface area contributed by atoms with Crippen LogP contribution in [0.25, 0.3) is 0 Å². The summed E-state index contributed by atoms with van der Waals surface area (Å²) in [5, 5.41) is 2.96. The van der Waals surface area contributed by atoms with Crippen LogP contribution in [0.5, 0.6) is 0 Å². The van der Waals surface area contributed by atoms with Crippen molar-refractivity contribution in [2.75, 3.05) is 11.8 Å². The second kappa shape index (κ2) is 6.38. The Kier molecular flexibility index (Phi) is 4.76. The van der Waals surface area contributed by atoms with Crippen molar-refractivity contribution in [3.8, 4) is 0 Å². The predicted octanol–water partition coefficient (Wildman–Crippen LogP) is 2.39. The Morgan fingerprint density at radius 2 is 2.05 bits per heavy atom. The number of hydrogen-bond acceptors (Lipinski definition) is 4. The summed E-state index contributed by atoms with van der Waals surface area (Å²) in [5.74, 6) is -0.713. The van der Waals surface area contributed by atoms with Gasteiger partial charge in [0, 0.05) is 17.8 Å². The predicted molar refractivity (Wildman–Crippen MR) is 79.2 cm³/mol. The van der Waals surface area contributed by atoms with Crippen LogP contribution in [0.1, 0.15) is 5.56 Å². The molecular formula is C13H13ClFN3O2S. The van der Waals surface area contributed by atoms with Crippen LogP contribution in [0.4, 0.5) is 10.1 Å². The molecular weight excluding hydrogens is 317 g/mol. The molecule has 0 aliphatic carbocycles. The van der Waals surface area contributed by atoms with Crippen LogP contribution < -0.4 is 10.0 Å². The Hall–Kier alpha value is -1.70. The molecule has 0 bridgehead atoms. The lowest BCUT2D eigenvalue weighted by Crippen LogP contribution is -2.16. The molecule has 0 aliphatic rings. The number of halogens is 2. The Morgan fingerprint density at radius 3 is 2.67 bits per heavy atom. The molecule has 0 aliphatic heterocycles. The first-order valence-electron chi connectivity index (χ1n) is 6.00. The number of anilines is 1. The monoisotopic (exact) mass is 329 g/mol. The van der Waals surface area contributed by atoms with Crippen LogP contribution in [0.15, 0.2) is 41.6 Å². The maximum atomic E-state index is 13.6. The van der Waals surface area contributed by atoms with Gasteiger partial charge in [-0.15, -0.1) is 0 Å². The molecule has 0 amide bonds. The number of rotatable bonds is 5. The largest absolute Gasteiger partial charge is 0.316 e. The summed E-state index contributed by atoms with van der Waals surface area (Å²) in [6, 6.07) is 6.61. The van der Waals surface area contributed by atoms with Gasteiger partial charge in [-0.2, -0.15) is 8.42 Å². The quantitative estimate of drug-likeness (QED) is 0.883. The fourth-order valence-corrected chi connectivity index (χ4v) is 2.81. The molecule has 1 aromatic heterocycles. The lowest BCUT2D eigenvalue weighted by Gasteiger charge is -2.09. The molecule has 2 aromatic rings. The molecule has 5 nitrogen and oxygen atoms in total. The average Bonchev–Trinajstić information content (AvgIpc) is 2.44.